The first-order chi connectivity index (χ1) is 7.70. The molecule has 1 aliphatic heterocycles. The monoisotopic (exact) mass is 239 g/mol. The van der Waals surface area contributed by atoms with Crippen molar-refractivity contribution in [1.29, 1.82) is 0 Å². The Morgan fingerprint density at radius 1 is 1.56 bits per heavy atom. The molecule has 0 saturated carbocycles. The molecular weight excluding hydrogens is 226 g/mol. The van der Waals surface area contributed by atoms with Gasteiger partial charge in [-0.15, -0.1) is 0 Å². The molecule has 86 valence electrons. The minimum atomic E-state index is -0.121. The lowest BCUT2D eigenvalue weighted by molar-refractivity contribution is -0.144. The number of nitrogens with zero attached hydrogens (tertiary/aromatic N) is 1. The molecule has 0 spiro atoms. The Kier molecular flexibility index (Phi) is 3.34. The van der Waals surface area contributed by atoms with E-state index in [0.29, 0.717) is 6.54 Å². The lowest BCUT2D eigenvalue weighted by Gasteiger charge is -2.18. The van der Waals surface area contributed by atoms with E-state index in [-0.39, 0.29) is 11.9 Å². The zero-order valence-corrected chi connectivity index (χ0v) is 9.91. The van der Waals surface area contributed by atoms with E-state index in [1.807, 2.05) is 24.3 Å². The minimum absolute atomic E-state index is 0.0102. The topological polar surface area (TPSA) is 29.5 Å². The molecule has 2 rings (SSSR count). The van der Waals surface area contributed by atoms with Crippen molar-refractivity contribution in [2.24, 2.45) is 5.92 Å². The Morgan fingerprint density at radius 3 is 3.06 bits per heavy atom. The fraction of sp³-hybridized carbons (Fsp3) is 0.417. The molecular formula is C12H14ClNO2. The van der Waals surface area contributed by atoms with Gasteiger partial charge in [0.05, 0.1) is 13.0 Å². The zero-order chi connectivity index (χ0) is 11.5. The van der Waals surface area contributed by atoms with Crippen molar-refractivity contribution in [1.82, 2.24) is 0 Å². The molecule has 1 aromatic carbocycles. The average molecular weight is 240 g/mol. The average Bonchev–Trinajstić information content (AvgIpc) is 2.77. The van der Waals surface area contributed by atoms with Crippen LogP contribution in [0.2, 0.25) is 5.02 Å². The van der Waals surface area contributed by atoms with Crippen LogP contribution in [0, 0.1) is 5.92 Å². The van der Waals surface area contributed by atoms with E-state index in [1.165, 1.54) is 7.11 Å². The molecule has 1 atom stereocenters. The van der Waals surface area contributed by atoms with Gasteiger partial charge in [-0.3, -0.25) is 4.79 Å². The van der Waals surface area contributed by atoms with Crippen molar-refractivity contribution < 1.29 is 9.53 Å². The summed E-state index contributed by atoms with van der Waals surface area (Å²) in [5.74, 6) is -0.131. The largest absolute Gasteiger partial charge is 0.469 e. The van der Waals surface area contributed by atoms with Crippen LogP contribution in [0.15, 0.2) is 24.3 Å². The molecule has 0 bridgehead atoms. The normalized spacial score (nSPS) is 19.9. The van der Waals surface area contributed by atoms with Crippen LogP contribution >= 0.6 is 11.6 Å². The molecule has 0 unspecified atom stereocenters. The molecule has 0 aromatic heterocycles. The van der Waals surface area contributed by atoms with Gasteiger partial charge in [0, 0.05) is 23.8 Å². The van der Waals surface area contributed by atoms with E-state index in [2.05, 4.69) is 4.90 Å². The number of halogens is 1. The van der Waals surface area contributed by atoms with Crippen LogP contribution in [0.25, 0.3) is 0 Å². The number of hydrogen-bond donors (Lipinski definition) is 0. The van der Waals surface area contributed by atoms with Crippen LogP contribution in [0.3, 0.4) is 0 Å². The number of hydrogen-bond acceptors (Lipinski definition) is 3. The van der Waals surface area contributed by atoms with Crippen molar-refractivity contribution in [2.45, 2.75) is 6.42 Å². The second kappa shape index (κ2) is 4.74. The maximum absolute atomic E-state index is 11.4. The first-order valence-electron chi connectivity index (χ1n) is 5.29. The predicted octanol–water partition coefficient (Wildman–Crippen LogP) is 2.34. The maximum Gasteiger partial charge on any atom is 0.310 e. The van der Waals surface area contributed by atoms with Gasteiger partial charge < -0.3 is 9.64 Å². The highest BCUT2D eigenvalue weighted by atomic mass is 35.5. The summed E-state index contributed by atoms with van der Waals surface area (Å²) in [5.41, 5.74) is 1.07. The first-order valence-corrected chi connectivity index (χ1v) is 5.67. The summed E-state index contributed by atoms with van der Waals surface area (Å²) in [5, 5.41) is 0.721. The highest BCUT2D eigenvalue weighted by molar-refractivity contribution is 6.30. The minimum Gasteiger partial charge on any atom is -0.469 e. The SMILES string of the molecule is COC(=O)[C@@H]1CCN(c2cccc(Cl)c2)C1. The van der Waals surface area contributed by atoms with Crippen molar-refractivity contribution in [3.63, 3.8) is 0 Å². The van der Waals surface area contributed by atoms with Crippen LogP contribution in [-0.4, -0.2) is 26.2 Å². The van der Waals surface area contributed by atoms with Gasteiger partial charge in [-0.1, -0.05) is 17.7 Å². The lowest BCUT2D eigenvalue weighted by atomic mass is 10.1. The van der Waals surface area contributed by atoms with Gasteiger partial charge in [0.25, 0.3) is 0 Å². The Morgan fingerprint density at radius 2 is 2.38 bits per heavy atom. The summed E-state index contributed by atoms with van der Waals surface area (Å²) in [6, 6.07) is 7.69. The number of ether oxygens (including phenoxy) is 1. The first kappa shape index (κ1) is 11.3. The number of benzene rings is 1. The Labute approximate surface area is 100.0 Å². The second-order valence-corrected chi connectivity index (χ2v) is 4.37. The molecule has 0 N–H and O–H groups in total. The van der Waals surface area contributed by atoms with Gasteiger partial charge in [-0.2, -0.15) is 0 Å². The van der Waals surface area contributed by atoms with Crippen LogP contribution in [0.4, 0.5) is 5.69 Å². The van der Waals surface area contributed by atoms with E-state index in [9.17, 15) is 4.79 Å². The molecule has 1 aromatic rings. The summed E-state index contributed by atoms with van der Waals surface area (Å²) in [6.45, 7) is 1.59. The van der Waals surface area contributed by atoms with Crippen LogP contribution in [-0.2, 0) is 9.53 Å². The third-order valence-electron chi connectivity index (χ3n) is 2.90. The van der Waals surface area contributed by atoms with E-state index in [0.717, 1.165) is 23.7 Å². The van der Waals surface area contributed by atoms with E-state index >= 15 is 0 Å². The number of carbonyl (C=O) groups excluding carboxylic acids is 1. The molecule has 1 fully saturated rings. The van der Waals surface area contributed by atoms with Gasteiger partial charge in [0.15, 0.2) is 0 Å². The van der Waals surface area contributed by atoms with E-state index in [4.69, 9.17) is 16.3 Å². The number of rotatable bonds is 2. The smallest absolute Gasteiger partial charge is 0.310 e. The standard InChI is InChI=1S/C12H14ClNO2/c1-16-12(15)9-5-6-14(8-9)11-4-2-3-10(13)7-11/h2-4,7,9H,5-6,8H2,1H3/t9-/m1/s1. The second-order valence-electron chi connectivity index (χ2n) is 3.93. The third kappa shape index (κ3) is 2.30. The molecule has 1 saturated heterocycles. The third-order valence-corrected chi connectivity index (χ3v) is 3.13. The predicted molar refractivity (Wildman–Crippen MR) is 63.8 cm³/mol. The van der Waals surface area contributed by atoms with Crippen LogP contribution in [0.5, 0.6) is 0 Å². The van der Waals surface area contributed by atoms with Crippen molar-refractivity contribution in [3.8, 4) is 0 Å². The number of anilines is 1. The highest BCUT2D eigenvalue weighted by Crippen LogP contribution is 2.26. The van der Waals surface area contributed by atoms with Crippen molar-refractivity contribution in [2.75, 3.05) is 25.1 Å². The summed E-state index contributed by atoms with van der Waals surface area (Å²) in [6.07, 6.45) is 0.846. The number of carbonyl (C=O) groups is 1. The summed E-state index contributed by atoms with van der Waals surface area (Å²) in [4.78, 5) is 13.5. The summed E-state index contributed by atoms with van der Waals surface area (Å²) in [7, 11) is 1.43. The van der Waals surface area contributed by atoms with Gasteiger partial charge in [-0.25, -0.2) is 0 Å². The molecule has 1 aliphatic rings. The molecule has 1 heterocycles. The van der Waals surface area contributed by atoms with Gasteiger partial charge >= 0.3 is 5.97 Å². The molecule has 16 heavy (non-hydrogen) atoms. The fourth-order valence-electron chi connectivity index (χ4n) is 2.03. The summed E-state index contributed by atoms with van der Waals surface area (Å²) >= 11 is 5.93. The van der Waals surface area contributed by atoms with E-state index in [1.54, 1.807) is 0 Å². The van der Waals surface area contributed by atoms with Crippen LogP contribution < -0.4 is 4.90 Å². The molecule has 0 aliphatic carbocycles. The van der Waals surface area contributed by atoms with Crippen molar-refractivity contribution in [3.05, 3.63) is 29.3 Å². The number of methoxy groups -OCH3 is 1. The summed E-state index contributed by atoms with van der Waals surface area (Å²) < 4.78 is 4.75. The zero-order valence-electron chi connectivity index (χ0n) is 9.15. The van der Waals surface area contributed by atoms with Crippen LogP contribution in [0.1, 0.15) is 6.42 Å². The number of esters is 1. The molecule has 4 heteroatoms. The maximum atomic E-state index is 11.4. The molecule has 0 radical (unpaired) electrons. The van der Waals surface area contributed by atoms with Gasteiger partial charge in [0.1, 0.15) is 0 Å². The van der Waals surface area contributed by atoms with Crippen molar-refractivity contribution >= 4 is 23.3 Å². The Hall–Kier alpha value is -1.22. The van der Waals surface area contributed by atoms with Gasteiger partial charge in [-0.05, 0) is 24.6 Å². The Balaban J connectivity index is 2.06. The van der Waals surface area contributed by atoms with E-state index < -0.39 is 0 Å². The fourth-order valence-corrected chi connectivity index (χ4v) is 2.21. The lowest BCUT2D eigenvalue weighted by Crippen LogP contribution is -2.23. The Bertz CT molecular complexity index is 394. The highest BCUT2D eigenvalue weighted by Gasteiger charge is 2.29. The molecule has 0 amide bonds. The van der Waals surface area contributed by atoms with Gasteiger partial charge in [0.2, 0.25) is 0 Å². The quantitative estimate of drug-likeness (QED) is 0.742. The molecule has 3 nitrogen and oxygen atoms in total.